The van der Waals surface area contributed by atoms with Crippen LogP contribution in [0.25, 0.3) is 0 Å². The molecule has 0 amide bonds. The average Bonchev–Trinajstić information content (AvgIpc) is 2.73. The molecule has 0 atom stereocenters. The van der Waals surface area contributed by atoms with Crippen LogP contribution in [-0.2, 0) is 6.54 Å². The van der Waals surface area contributed by atoms with E-state index in [1.165, 1.54) is 0 Å². The Balaban J connectivity index is 2.20. The highest BCUT2D eigenvalue weighted by molar-refractivity contribution is 5.80. The topological polar surface area (TPSA) is 54.2 Å². The largest absolute Gasteiger partial charge is 0.356 e. The summed E-state index contributed by atoms with van der Waals surface area (Å²) in [5.41, 5.74) is 0.0316. The monoisotopic (exact) mass is 237 g/mol. The van der Waals surface area contributed by atoms with Crippen LogP contribution in [0.1, 0.15) is 27.2 Å². The van der Waals surface area contributed by atoms with Crippen molar-refractivity contribution < 1.29 is 0 Å². The third-order valence-electron chi connectivity index (χ3n) is 2.13. The standard InChI is InChI=1S/C12H23N5/c1-12(2,3)16-11(13-4)14-7-5-9-17-10-6-8-15-17/h6,8,10H,5,7,9H2,1-4H3,(H2,13,14,16). The van der Waals surface area contributed by atoms with E-state index in [9.17, 15) is 0 Å². The van der Waals surface area contributed by atoms with Gasteiger partial charge in [-0.2, -0.15) is 5.10 Å². The summed E-state index contributed by atoms with van der Waals surface area (Å²) >= 11 is 0. The van der Waals surface area contributed by atoms with Gasteiger partial charge in [0, 0.05) is 38.1 Å². The van der Waals surface area contributed by atoms with Gasteiger partial charge in [-0.3, -0.25) is 9.67 Å². The molecule has 5 nitrogen and oxygen atoms in total. The number of rotatable bonds is 4. The number of nitrogens with zero attached hydrogens (tertiary/aromatic N) is 3. The quantitative estimate of drug-likeness (QED) is 0.470. The number of guanidine groups is 1. The van der Waals surface area contributed by atoms with Gasteiger partial charge in [-0.1, -0.05) is 0 Å². The predicted molar refractivity (Wildman–Crippen MR) is 71.1 cm³/mol. The molecule has 1 aromatic rings. The van der Waals surface area contributed by atoms with Gasteiger partial charge >= 0.3 is 0 Å². The number of hydrogen-bond donors (Lipinski definition) is 2. The fraction of sp³-hybridized carbons (Fsp3) is 0.667. The Bertz CT molecular complexity index is 334. The van der Waals surface area contributed by atoms with Crippen LogP contribution in [0.4, 0.5) is 0 Å². The number of aryl methyl sites for hydroxylation is 1. The summed E-state index contributed by atoms with van der Waals surface area (Å²) in [5.74, 6) is 0.845. The number of hydrogen-bond acceptors (Lipinski definition) is 2. The third kappa shape index (κ3) is 5.94. The van der Waals surface area contributed by atoms with E-state index in [1.54, 1.807) is 13.2 Å². The fourth-order valence-corrected chi connectivity index (χ4v) is 1.41. The smallest absolute Gasteiger partial charge is 0.191 e. The first-order valence-electron chi connectivity index (χ1n) is 5.97. The molecule has 17 heavy (non-hydrogen) atoms. The molecular formula is C12H23N5. The SMILES string of the molecule is CN=C(NCCCn1cccn1)NC(C)(C)C. The Morgan fingerprint density at radius 2 is 2.18 bits per heavy atom. The van der Waals surface area contributed by atoms with Crippen molar-refractivity contribution in [1.29, 1.82) is 0 Å². The van der Waals surface area contributed by atoms with Crippen molar-refractivity contribution in [3.8, 4) is 0 Å². The van der Waals surface area contributed by atoms with Crippen LogP contribution >= 0.6 is 0 Å². The van der Waals surface area contributed by atoms with E-state index in [0.717, 1.165) is 25.5 Å². The molecule has 1 heterocycles. The van der Waals surface area contributed by atoms with Gasteiger partial charge in [-0.15, -0.1) is 0 Å². The molecule has 0 aliphatic carbocycles. The highest BCUT2D eigenvalue weighted by Crippen LogP contribution is 1.97. The van der Waals surface area contributed by atoms with Gasteiger partial charge in [0.05, 0.1) is 0 Å². The highest BCUT2D eigenvalue weighted by Gasteiger charge is 2.10. The third-order valence-corrected chi connectivity index (χ3v) is 2.13. The maximum atomic E-state index is 4.18. The van der Waals surface area contributed by atoms with Crippen LogP contribution in [0.2, 0.25) is 0 Å². The van der Waals surface area contributed by atoms with Gasteiger partial charge in [0.2, 0.25) is 0 Å². The van der Waals surface area contributed by atoms with E-state index in [1.807, 2.05) is 16.9 Å². The fourth-order valence-electron chi connectivity index (χ4n) is 1.41. The van der Waals surface area contributed by atoms with Gasteiger partial charge in [0.15, 0.2) is 5.96 Å². The minimum Gasteiger partial charge on any atom is -0.356 e. The zero-order valence-corrected chi connectivity index (χ0v) is 11.2. The maximum absolute atomic E-state index is 4.18. The molecule has 0 aliphatic heterocycles. The van der Waals surface area contributed by atoms with Crippen molar-refractivity contribution in [2.24, 2.45) is 4.99 Å². The van der Waals surface area contributed by atoms with Gasteiger partial charge in [-0.05, 0) is 33.3 Å². The molecular weight excluding hydrogens is 214 g/mol. The van der Waals surface area contributed by atoms with E-state index in [0.29, 0.717) is 0 Å². The summed E-state index contributed by atoms with van der Waals surface area (Å²) in [6, 6.07) is 1.94. The highest BCUT2D eigenvalue weighted by atomic mass is 15.3. The molecule has 0 spiro atoms. The summed E-state index contributed by atoms with van der Waals surface area (Å²) in [5, 5.41) is 10.8. The van der Waals surface area contributed by atoms with Gasteiger partial charge in [0.25, 0.3) is 0 Å². The van der Waals surface area contributed by atoms with Crippen LogP contribution in [0.5, 0.6) is 0 Å². The molecule has 0 radical (unpaired) electrons. The maximum Gasteiger partial charge on any atom is 0.191 e. The van der Waals surface area contributed by atoms with Crippen LogP contribution in [-0.4, -0.2) is 34.9 Å². The molecule has 1 rings (SSSR count). The summed E-state index contributed by atoms with van der Waals surface area (Å²) in [6.07, 6.45) is 4.79. The van der Waals surface area contributed by atoms with Crippen molar-refractivity contribution in [1.82, 2.24) is 20.4 Å². The number of nitrogens with one attached hydrogen (secondary N) is 2. The van der Waals surface area contributed by atoms with Crippen molar-refractivity contribution in [2.45, 2.75) is 39.3 Å². The molecule has 0 saturated carbocycles. The lowest BCUT2D eigenvalue weighted by atomic mass is 10.1. The first-order chi connectivity index (χ1) is 8.01. The Kier molecular flexibility index (Phi) is 5.00. The van der Waals surface area contributed by atoms with E-state index >= 15 is 0 Å². The Morgan fingerprint density at radius 1 is 1.41 bits per heavy atom. The minimum absolute atomic E-state index is 0.0316. The van der Waals surface area contributed by atoms with Crippen LogP contribution in [0.3, 0.4) is 0 Å². The minimum atomic E-state index is 0.0316. The van der Waals surface area contributed by atoms with Crippen molar-refractivity contribution >= 4 is 5.96 Å². The summed E-state index contributed by atoms with van der Waals surface area (Å²) in [7, 11) is 1.79. The molecule has 0 saturated heterocycles. The zero-order valence-electron chi connectivity index (χ0n) is 11.2. The second-order valence-corrected chi connectivity index (χ2v) is 5.00. The van der Waals surface area contributed by atoms with Gasteiger partial charge in [0.1, 0.15) is 0 Å². The molecule has 0 unspecified atom stereocenters. The molecule has 0 aliphatic rings. The first-order valence-corrected chi connectivity index (χ1v) is 5.97. The predicted octanol–water partition coefficient (Wildman–Crippen LogP) is 1.24. The second kappa shape index (κ2) is 6.27. The molecule has 0 bridgehead atoms. The summed E-state index contributed by atoms with van der Waals surface area (Å²) in [6.45, 7) is 8.15. The molecule has 0 aromatic carbocycles. The van der Waals surface area contributed by atoms with E-state index in [2.05, 4.69) is 41.5 Å². The Labute approximate surface area is 103 Å². The molecule has 1 aromatic heterocycles. The lowest BCUT2D eigenvalue weighted by Gasteiger charge is -2.23. The normalized spacial score (nSPS) is 12.6. The molecule has 96 valence electrons. The lowest BCUT2D eigenvalue weighted by molar-refractivity contribution is 0.497. The lowest BCUT2D eigenvalue weighted by Crippen LogP contribution is -2.47. The van der Waals surface area contributed by atoms with Crippen molar-refractivity contribution in [3.05, 3.63) is 18.5 Å². The second-order valence-electron chi connectivity index (χ2n) is 5.00. The molecule has 0 fully saturated rings. The number of aliphatic imine (C=N–C) groups is 1. The van der Waals surface area contributed by atoms with Gasteiger partial charge in [-0.25, -0.2) is 0 Å². The zero-order chi connectivity index (χ0) is 12.7. The van der Waals surface area contributed by atoms with E-state index in [-0.39, 0.29) is 5.54 Å². The summed E-state index contributed by atoms with van der Waals surface area (Å²) < 4.78 is 1.93. The Hall–Kier alpha value is -1.52. The first kappa shape index (κ1) is 13.5. The average molecular weight is 237 g/mol. The summed E-state index contributed by atoms with van der Waals surface area (Å²) in [4.78, 5) is 4.18. The van der Waals surface area contributed by atoms with E-state index in [4.69, 9.17) is 0 Å². The van der Waals surface area contributed by atoms with Crippen LogP contribution in [0, 0.1) is 0 Å². The van der Waals surface area contributed by atoms with E-state index < -0.39 is 0 Å². The van der Waals surface area contributed by atoms with Gasteiger partial charge < -0.3 is 10.6 Å². The molecule has 5 heteroatoms. The van der Waals surface area contributed by atoms with Crippen molar-refractivity contribution in [2.75, 3.05) is 13.6 Å². The number of aromatic nitrogens is 2. The van der Waals surface area contributed by atoms with Crippen LogP contribution in [0.15, 0.2) is 23.5 Å². The van der Waals surface area contributed by atoms with Crippen LogP contribution < -0.4 is 10.6 Å². The van der Waals surface area contributed by atoms with Crippen molar-refractivity contribution in [3.63, 3.8) is 0 Å². The Morgan fingerprint density at radius 3 is 2.71 bits per heavy atom. The molecule has 2 N–H and O–H groups in total.